The van der Waals surface area contributed by atoms with Crippen molar-refractivity contribution in [2.75, 3.05) is 13.2 Å². The van der Waals surface area contributed by atoms with Gasteiger partial charge < -0.3 is 20.3 Å². The van der Waals surface area contributed by atoms with Crippen LogP contribution in [0.15, 0.2) is 24.3 Å². The van der Waals surface area contributed by atoms with Crippen LogP contribution in [0.25, 0.3) is 0 Å². The molecule has 0 heterocycles. The Hall–Kier alpha value is -1.66. The summed E-state index contributed by atoms with van der Waals surface area (Å²) in [6.45, 7) is 4.98. The summed E-state index contributed by atoms with van der Waals surface area (Å²) in [7, 11) is 0. The average Bonchev–Trinajstić information content (AvgIpc) is 3.51. The van der Waals surface area contributed by atoms with Crippen LogP contribution in [0.1, 0.15) is 438 Å². The molecule has 0 aromatic heterocycles. The fourth-order valence-corrected chi connectivity index (χ4v) is 12.4. The van der Waals surface area contributed by atoms with Crippen molar-refractivity contribution in [2.45, 2.75) is 450 Å². The SMILES string of the molecule is CCCCCC/C=C\C/C=C\CCCCCCCC(=O)OCCCCCCCCCCCCCCCCCCCCCCCCCCCCCCCCCC(=O)NC(CO)C(O)CCCCCCCCCCCCCCCCCCCCCC. The van der Waals surface area contributed by atoms with Gasteiger partial charge in [0.2, 0.25) is 5.91 Å². The molecule has 0 bridgehead atoms. The van der Waals surface area contributed by atoms with Crippen LogP contribution in [-0.2, 0) is 14.3 Å². The van der Waals surface area contributed by atoms with Gasteiger partial charge in [-0.2, -0.15) is 0 Å². The number of carbonyl (C=O) groups is 2. The highest BCUT2D eigenvalue weighted by molar-refractivity contribution is 5.76. The highest BCUT2D eigenvalue weighted by Gasteiger charge is 2.20. The predicted octanol–water partition coefficient (Wildman–Crippen LogP) is 25.3. The highest BCUT2D eigenvalue weighted by Crippen LogP contribution is 2.20. The fraction of sp³-hybridized carbons (Fsp3) is 0.923. The van der Waals surface area contributed by atoms with E-state index < -0.39 is 12.1 Å². The van der Waals surface area contributed by atoms with Gasteiger partial charge in [0, 0.05) is 12.8 Å². The summed E-state index contributed by atoms with van der Waals surface area (Å²) in [5.74, 6) is -0.0178. The molecule has 0 aliphatic carbocycles. The first-order valence-corrected chi connectivity index (χ1v) is 38.6. The standard InChI is InChI=1S/C78H151NO5/c1-3-5-7-9-11-13-15-17-19-21-22-36-39-42-46-50-54-58-62-66-70-76(81)75(74-80)79-77(82)71-67-63-59-55-51-47-43-40-37-34-32-30-28-26-24-23-25-27-29-31-33-35-38-41-45-49-53-57-61-65-69-73-84-78(83)72-68-64-60-56-52-48-44-20-18-16-14-12-10-8-6-4-2/h14,16,20,44,75-76,80-81H,3-13,15,17-19,21-43,45-74H2,1-2H3,(H,79,82)/b16-14-,44-20-. The molecule has 0 saturated carbocycles. The Morgan fingerprint density at radius 2 is 0.595 bits per heavy atom. The van der Waals surface area contributed by atoms with Crippen molar-refractivity contribution in [2.24, 2.45) is 0 Å². The molecular formula is C78H151NO5. The summed E-state index contributed by atoms with van der Waals surface area (Å²) in [5.41, 5.74) is 0. The Bertz CT molecular complexity index is 1320. The summed E-state index contributed by atoms with van der Waals surface area (Å²) in [6.07, 6.45) is 94.0. The van der Waals surface area contributed by atoms with E-state index in [0.29, 0.717) is 25.9 Å². The van der Waals surface area contributed by atoms with E-state index in [0.717, 1.165) is 51.4 Å². The molecule has 498 valence electrons. The predicted molar refractivity (Wildman–Crippen MR) is 370 cm³/mol. The summed E-state index contributed by atoms with van der Waals surface area (Å²) in [4.78, 5) is 24.6. The summed E-state index contributed by atoms with van der Waals surface area (Å²) in [6, 6.07) is -0.539. The lowest BCUT2D eigenvalue weighted by molar-refractivity contribution is -0.143. The molecule has 1 amide bonds. The van der Waals surface area contributed by atoms with E-state index in [1.54, 1.807) is 0 Å². The van der Waals surface area contributed by atoms with Crippen molar-refractivity contribution in [1.82, 2.24) is 5.32 Å². The molecule has 2 atom stereocenters. The lowest BCUT2D eigenvalue weighted by Gasteiger charge is -2.22. The summed E-state index contributed by atoms with van der Waals surface area (Å²) >= 11 is 0. The number of nitrogens with one attached hydrogen (secondary N) is 1. The number of carbonyl (C=O) groups excluding carboxylic acids is 2. The lowest BCUT2D eigenvalue weighted by atomic mass is 10.0. The molecule has 0 aromatic rings. The Balaban J connectivity index is 3.33. The smallest absolute Gasteiger partial charge is 0.305 e. The van der Waals surface area contributed by atoms with Crippen LogP contribution in [-0.4, -0.2) is 47.4 Å². The minimum atomic E-state index is -0.662. The van der Waals surface area contributed by atoms with Gasteiger partial charge in [0.25, 0.3) is 0 Å². The molecule has 0 spiro atoms. The molecule has 6 nitrogen and oxygen atoms in total. The van der Waals surface area contributed by atoms with Gasteiger partial charge in [0.15, 0.2) is 0 Å². The molecular weight excluding hydrogens is 1030 g/mol. The van der Waals surface area contributed by atoms with Gasteiger partial charge in [0.1, 0.15) is 0 Å². The third-order valence-corrected chi connectivity index (χ3v) is 18.3. The second kappa shape index (κ2) is 73.8. The van der Waals surface area contributed by atoms with Crippen molar-refractivity contribution in [3.63, 3.8) is 0 Å². The molecule has 2 unspecified atom stereocenters. The normalized spacial score (nSPS) is 12.6. The average molecular weight is 1180 g/mol. The number of amides is 1. The maximum Gasteiger partial charge on any atom is 0.305 e. The van der Waals surface area contributed by atoms with Crippen LogP contribution in [0.2, 0.25) is 0 Å². The molecule has 0 fully saturated rings. The van der Waals surface area contributed by atoms with Gasteiger partial charge in [-0.3, -0.25) is 9.59 Å². The third kappa shape index (κ3) is 69.4. The van der Waals surface area contributed by atoms with Crippen LogP contribution in [0.5, 0.6) is 0 Å². The number of aliphatic hydroxyl groups is 2. The number of rotatable bonds is 73. The van der Waals surface area contributed by atoms with Gasteiger partial charge in [0.05, 0.1) is 25.4 Å². The van der Waals surface area contributed by atoms with E-state index in [1.807, 2.05) is 0 Å². The number of ether oxygens (including phenoxy) is 1. The van der Waals surface area contributed by atoms with E-state index >= 15 is 0 Å². The molecule has 0 aromatic carbocycles. The summed E-state index contributed by atoms with van der Waals surface area (Å²) in [5, 5.41) is 23.4. The minimum absolute atomic E-state index is 0.00810. The number of allylic oxidation sites excluding steroid dienone is 4. The van der Waals surface area contributed by atoms with Crippen molar-refractivity contribution >= 4 is 11.9 Å². The Labute approximate surface area is 526 Å². The largest absolute Gasteiger partial charge is 0.466 e. The molecule has 0 rings (SSSR count). The Morgan fingerprint density at radius 3 is 0.917 bits per heavy atom. The second-order valence-electron chi connectivity index (χ2n) is 26.7. The molecule has 0 aliphatic rings. The van der Waals surface area contributed by atoms with Crippen molar-refractivity contribution in [3.05, 3.63) is 24.3 Å². The number of hydrogen-bond acceptors (Lipinski definition) is 5. The maximum absolute atomic E-state index is 12.6. The first-order valence-electron chi connectivity index (χ1n) is 38.6. The number of hydrogen-bond donors (Lipinski definition) is 3. The lowest BCUT2D eigenvalue weighted by Crippen LogP contribution is -2.45. The third-order valence-electron chi connectivity index (χ3n) is 18.3. The van der Waals surface area contributed by atoms with E-state index in [2.05, 4.69) is 43.5 Å². The van der Waals surface area contributed by atoms with Crippen LogP contribution < -0.4 is 5.32 Å². The van der Waals surface area contributed by atoms with Crippen LogP contribution >= 0.6 is 0 Å². The van der Waals surface area contributed by atoms with Crippen molar-refractivity contribution in [1.29, 1.82) is 0 Å². The molecule has 6 heteroatoms. The zero-order valence-corrected chi connectivity index (χ0v) is 57.2. The molecule has 0 saturated heterocycles. The van der Waals surface area contributed by atoms with Crippen molar-refractivity contribution < 1.29 is 24.5 Å². The zero-order valence-electron chi connectivity index (χ0n) is 57.2. The summed E-state index contributed by atoms with van der Waals surface area (Å²) < 4.78 is 5.50. The first kappa shape index (κ1) is 82.3. The number of unbranched alkanes of at least 4 members (excludes halogenated alkanes) is 58. The number of aliphatic hydroxyl groups excluding tert-OH is 2. The monoisotopic (exact) mass is 1180 g/mol. The number of esters is 1. The molecule has 0 aliphatic heterocycles. The molecule has 84 heavy (non-hydrogen) atoms. The van der Waals surface area contributed by atoms with E-state index in [4.69, 9.17) is 4.74 Å². The second-order valence-corrected chi connectivity index (χ2v) is 26.7. The van der Waals surface area contributed by atoms with Gasteiger partial charge in [-0.25, -0.2) is 0 Å². The molecule has 0 radical (unpaired) electrons. The van der Waals surface area contributed by atoms with E-state index in [1.165, 1.54) is 353 Å². The first-order chi connectivity index (χ1) is 41.5. The van der Waals surface area contributed by atoms with Gasteiger partial charge in [-0.1, -0.05) is 391 Å². The Kier molecular flexibility index (Phi) is 72.3. The maximum atomic E-state index is 12.6. The topological polar surface area (TPSA) is 95.9 Å². The van der Waals surface area contributed by atoms with Gasteiger partial charge in [-0.05, 0) is 57.8 Å². The van der Waals surface area contributed by atoms with Crippen LogP contribution in [0, 0.1) is 0 Å². The fourth-order valence-electron chi connectivity index (χ4n) is 12.4. The quantitative estimate of drug-likeness (QED) is 0.0320. The van der Waals surface area contributed by atoms with Crippen LogP contribution in [0.3, 0.4) is 0 Å². The van der Waals surface area contributed by atoms with Crippen LogP contribution in [0.4, 0.5) is 0 Å². The van der Waals surface area contributed by atoms with Gasteiger partial charge in [-0.15, -0.1) is 0 Å². The van der Waals surface area contributed by atoms with E-state index in [-0.39, 0.29) is 18.5 Å². The van der Waals surface area contributed by atoms with Gasteiger partial charge >= 0.3 is 5.97 Å². The Morgan fingerprint density at radius 1 is 0.333 bits per heavy atom. The minimum Gasteiger partial charge on any atom is -0.466 e. The molecule has 3 N–H and O–H groups in total. The zero-order chi connectivity index (χ0) is 60.6. The van der Waals surface area contributed by atoms with E-state index in [9.17, 15) is 19.8 Å². The highest BCUT2D eigenvalue weighted by atomic mass is 16.5. The van der Waals surface area contributed by atoms with Crippen molar-refractivity contribution in [3.8, 4) is 0 Å².